The van der Waals surface area contributed by atoms with Gasteiger partial charge < -0.3 is 38.9 Å². The average molecular weight is 498 g/mol. The second kappa shape index (κ2) is 74.3. The van der Waals surface area contributed by atoms with Crippen LogP contribution in [0.15, 0.2) is 18.7 Å². The van der Waals surface area contributed by atoms with Gasteiger partial charge in [0.2, 0.25) is 0 Å². The molecule has 1 aromatic rings. The number of nitrogens with one attached hydrogen (secondary N) is 1. The fraction of sp³-hybridized carbons (Fsp3) is 0. The molecule has 8 heteroatoms. The number of nitrogens with zero attached hydrogens (tertiary/aromatic N) is 1. The summed E-state index contributed by atoms with van der Waals surface area (Å²) in [5, 5.41) is 0. The first kappa shape index (κ1) is 36.9. The van der Waals surface area contributed by atoms with Crippen molar-refractivity contribution < 1.29 is 68.3 Å². The topological polar surface area (TPSA) is 88.4 Å². The minimum Gasteiger partial charge on any atom is -0.351 e. The molecule has 0 fully saturated rings. The maximum Gasteiger partial charge on any atom is 0.0919 e. The molecule has 1 rings (SSSR count). The van der Waals surface area contributed by atoms with Crippen molar-refractivity contribution in [2.75, 3.05) is 0 Å². The Morgan fingerprint density at radius 1 is 0.929 bits per heavy atom. The zero-order valence-corrected chi connectivity index (χ0v) is 12.4. The van der Waals surface area contributed by atoms with E-state index in [-0.39, 0.29) is 54.4 Å². The van der Waals surface area contributed by atoms with E-state index in [0.717, 1.165) is 0 Å². The summed E-state index contributed by atoms with van der Waals surface area (Å²) in [6.07, 6.45) is 5.08. The van der Waals surface area contributed by atoms with E-state index >= 15 is 0 Å². The van der Waals surface area contributed by atoms with Gasteiger partial charge in [-0.1, -0.05) is 0 Å². The Kier molecular flexibility index (Phi) is 196. The van der Waals surface area contributed by atoms with Crippen LogP contribution in [-0.4, -0.2) is 9.97 Å². The molecule has 0 aliphatic carbocycles. The summed E-state index contributed by atoms with van der Waals surface area (Å²) in [5.41, 5.74) is 0. The molecule has 5 nitrogen and oxygen atoms in total. The molecule has 1 heterocycles. The molecule has 1 aromatic heterocycles. The van der Waals surface area contributed by atoms with Gasteiger partial charge >= 0.3 is 33.9 Å². The van der Waals surface area contributed by atoms with Gasteiger partial charge in [0.05, 0.1) is 6.33 Å². The number of hydrogen-bond acceptors (Lipinski definition) is 1. The predicted octanol–water partition coefficient (Wildman–Crippen LogP) is -5.70. The van der Waals surface area contributed by atoms with Crippen molar-refractivity contribution in [3.05, 3.63) is 38.7 Å². The van der Waals surface area contributed by atoms with Gasteiger partial charge in [-0.25, -0.2) is 4.98 Å². The van der Waals surface area contributed by atoms with Crippen LogP contribution in [0.25, 0.3) is 0 Å². The van der Waals surface area contributed by atoms with Crippen LogP contribution < -0.4 is 34.0 Å². The average Bonchev–Trinajstić information content (AvgIpc) is 2.71. The van der Waals surface area contributed by atoms with Crippen molar-refractivity contribution in [2.24, 2.45) is 0 Å². The predicted molar refractivity (Wildman–Crippen MR) is 30.4 cm³/mol. The summed E-state index contributed by atoms with van der Waals surface area (Å²) in [6.45, 7) is 13.5. The minimum atomic E-state index is 0. The van der Waals surface area contributed by atoms with Crippen LogP contribution in [0.4, 0.5) is 0 Å². The zero-order chi connectivity index (χ0) is 9.54. The molecule has 0 unspecified atom stereocenters. The number of rotatable bonds is 0. The van der Waals surface area contributed by atoms with Gasteiger partial charge in [0.15, 0.2) is 0 Å². The van der Waals surface area contributed by atoms with E-state index in [1.165, 1.54) is 0 Å². The third kappa shape index (κ3) is 57.7. The molecular weight excluding hydrogens is 494 g/mol. The Morgan fingerprint density at radius 2 is 1.29 bits per heavy atom. The molecule has 0 saturated heterocycles. The standard InChI is InChI=1S/C3H4N2.3CO.2BrH.Re/c1-2-5-3-4-1;3*1-2;;;/h1-3H,(H,4,5);;;;2*1H;/p-2. The van der Waals surface area contributed by atoms with E-state index in [4.69, 9.17) is 14.0 Å². The smallest absolute Gasteiger partial charge is 0.0919 e. The quantitative estimate of drug-likeness (QED) is 0.281. The van der Waals surface area contributed by atoms with Crippen molar-refractivity contribution in [3.8, 4) is 0 Å². The molecule has 0 aliphatic rings. The van der Waals surface area contributed by atoms with Gasteiger partial charge in [-0.15, -0.1) is 0 Å². The van der Waals surface area contributed by atoms with Crippen molar-refractivity contribution in [1.82, 2.24) is 9.97 Å². The molecular formula is C6H4Br2N2O3Re-2. The van der Waals surface area contributed by atoms with E-state index in [2.05, 4.69) is 29.9 Å². The van der Waals surface area contributed by atoms with Crippen molar-refractivity contribution in [1.29, 1.82) is 0 Å². The van der Waals surface area contributed by atoms with Gasteiger partial charge in [-0.2, -0.15) is 0 Å². The third-order valence-electron chi connectivity index (χ3n) is 0.406. The third-order valence-corrected chi connectivity index (χ3v) is 0.406. The van der Waals surface area contributed by atoms with Crippen LogP contribution in [0.5, 0.6) is 0 Å². The fourth-order valence-electron chi connectivity index (χ4n) is 0.215. The largest absolute Gasteiger partial charge is 0.351 e. The molecule has 1 N–H and O–H groups in total. The van der Waals surface area contributed by atoms with E-state index in [1.54, 1.807) is 18.7 Å². The summed E-state index contributed by atoms with van der Waals surface area (Å²) in [4.78, 5) is 6.42. The first-order valence-electron chi connectivity index (χ1n) is 2.04. The molecule has 1 radical (unpaired) electrons. The molecule has 0 aliphatic heterocycles. The summed E-state index contributed by atoms with van der Waals surface area (Å²) in [6, 6.07) is 0. The maximum atomic E-state index is 7.50. The number of H-pyrrole nitrogens is 1. The SMILES string of the molecule is [Br-].[Br-].[C-]#[O+].[C-]#[O+].[C-]#[O+].[Re].c1c[nH]cn1. The summed E-state index contributed by atoms with van der Waals surface area (Å²) >= 11 is 0. The van der Waals surface area contributed by atoms with Crippen molar-refractivity contribution >= 4 is 0 Å². The molecule has 0 atom stereocenters. The van der Waals surface area contributed by atoms with Gasteiger partial charge in [0.25, 0.3) is 0 Å². The van der Waals surface area contributed by atoms with Gasteiger partial charge in [0.1, 0.15) is 0 Å². The van der Waals surface area contributed by atoms with E-state index in [0.29, 0.717) is 0 Å². The Bertz CT molecular complexity index is 157. The van der Waals surface area contributed by atoms with Gasteiger partial charge in [-0.05, 0) is 0 Å². The summed E-state index contributed by atoms with van der Waals surface area (Å²) < 4.78 is 22.5. The normalized spacial score (nSPS) is 3.29. The Labute approximate surface area is 116 Å². The Balaban J connectivity index is -0.0000000161. The van der Waals surface area contributed by atoms with Crippen LogP contribution in [0, 0.1) is 20.0 Å². The van der Waals surface area contributed by atoms with E-state index in [9.17, 15) is 0 Å². The monoisotopic (exact) mass is 497 g/mol. The Morgan fingerprint density at radius 3 is 1.36 bits per heavy atom. The Hall–Kier alpha value is 0.0523. The number of aromatic amines is 1. The molecule has 14 heavy (non-hydrogen) atoms. The summed E-state index contributed by atoms with van der Waals surface area (Å²) in [5.74, 6) is 0. The van der Waals surface area contributed by atoms with Gasteiger partial charge in [0, 0.05) is 32.8 Å². The maximum absolute atomic E-state index is 7.50. The number of aromatic nitrogens is 2. The van der Waals surface area contributed by atoms with Gasteiger partial charge in [-0.3, -0.25) is 0 Å². The summed E-state index contributed by atoms with van der Waals surface area (Å²) in [7, 11) is 0. The molecule has 0 bridgehead atoms. The second-order valence-corrected chi connectivity index (χ2v) is 0.761. The molecule has 0 amide bonds. The zero-order valence-electron chi connectivity index (χ0n) is 6.54. The van der Waals surface area contributed by atoms with Crippen LogP contribution in [0.1, 0.15) is 0 Å². The van der Waals surface area contributed by atoms with Crippen molar-refractivity contribution in [2.45, 2.75) is 0 Å². The molecule has 0 aromatic carbocycles. The molecule has 79 valence electrons. The number of halogens is 2. The van der Waals surface area contributed by atoms with Crippen molar-refractivity contribution in [3.63, 3.8) is 0 Å². The van der Waals surface area contributed by atoms with Crippen LogP contribution in [0.2, 0.25) is 0 Å². The first-order chi connectivity index (χ1) is 5.50. The van der Waals surface area contributed by atoms with Crippen LogP contribution >= 0.6 is 0 Å². The minimum absolute atomic E-state index is 0. The van der Waals surface area contributed by atoms with Crippen LogP contribution in [0.3, 0.4) is 0 Å². The fourth-order valence-corrected chi connectivity index (χ4v) is 0.215. The second-order valence-electron chi connectivity index (χ2n) is 0.761. The molecule has 0 spiro atoms. The number of imidazole rings is 1. The van der Waals surface area contributed by atoms with E-state index in [1.807, 2.05) is 0 Å². The molecule has 0 saturated carbocycles. The van der Waals surface area contributed by atoms with Crippen LogP contribution in [-0.2, 0) is 34.4 Å². The van der Waals surface area contributed by atoms with E-state index < -0.39 is 0 Å². The first-order valence-corrected chi connectivity index (χ1v) is 2.04. The number of hydrogen-bond donors (Lipinski definition) is 1.